The molecule has 120 valence electrons. The van der Waals surface area contributed by atoms with Crippen LogP contribution < -0.4 is 11.1 Å². The van der Waals surface area contributed by atoms with Crippen molar-refractivity contribution < 1.29 is 4.79 Å². The monoisotopic (exact) mass is 360 g/mol. The van der Waals surface area contributed by atoms with E-state index in [1.165, 1.54) is 11.3 Å². The van der Waals surface area contributed by atoms with Crippen LogP contribution in [0.1, 0.15) is 19.3 Å². The van der Waals surface area contributed by atoms with Crippen LogP contribution in [0.5, 0.6) is 0 Å². The fourth-order valence-electron chi connectivity index (χ4n) is 2.43. The molecule has 1 aliphatic rings. The number of thiazole rings is 1. The van der Waals surface area contributed by atoms with Gasteiger partial charge in [0.1, 0.15) is 5.69 Å². The number of rotatable bonds is 3. The number of nitrogens with zero attached hydrogens (tertiary/aromatic N) is 2. The SMILES string of the molecule is Cl.Cl.NC1CCC(C(=O)Nc2nc(-c3ccccn3)cs2)C1. The third-order valence-electron chi connectivity index (χ3n) is 3.51. The number of nitrogens with one attached hydrogen (secondary N) is 1. The molecule has 1 aliphatic carbocycles. The molecule has 0 aromatic carbocycles. The van der Waals surface area contributed by atoms with Crippen molar-refractivity contribution >= 4 is 47.2 Å². The summed E-state index contributed by atoms with van der Waals surface area (Å²) in [5, 5.41) is 5.40. The molecular weight excluding hydrogens is 343 g/mol. The van der Waals surface area contributed by atoms with Crippen molar-refractivity contribution in [3.63, 3.8) is 0 Å². The Morgan fingerprint density at radius 1 is 1.27 bits per heavy atom. The van der Waals surface area contributed by atoms with Crippen molar-refractivity contribution in [1.29, 1.82) is 0 Å². The molecule has 2 aromatic rings. The number of carbonyl (C=O) groups is 1. The van der Waals surface area contributed by atoms with Crippen LogP contribution in [-0.2, 0) is 4.79 Å². The molecule has 5 nitrogen and oxygen atoms in total. The summed E-state index contributed by atoms with van der Waals surface area (Å²) in [5.41, 5.74) is 7.43. The summed E-state index contributed by atoms with van der Waals surface area (Å²) in [7, 11) is 0. The summed E-state index contributed by atoms with van der Waals surface area (Å²) in [6, 6.07) is 5.84. The highest BCUT2D eigenvalue weighted by molar-refractivity contribution is 7.14. The quantitative estimate of drug-likeness (QED) is 0.880. The molecule has 2 unspecified atom stereocenters. The van der Waals surface area contributed by atoms with Crippen LogP contribution in [0.25, 0.3) is 11.4 Å². The highest BCUT2D eigenvalue weighted by atomic mass is 35.5. The molecule has 2 aromatic heterocycles. The second-order valence-corrected chi connectivity index (χ2v) is 5.87. The number of pyridine rings is 1. The van der Waals surface area contributed by atoms with Gasteiger partial charge in [0.05, 0.1) is 5.69 Å². The van der Waals surface area contributed by atoms with Gasteiger partial charge in [-0.05, 0) is 31.4 Å². The number of hydrogen-bond acceptors (Lipinski definition) is 5. The van der Waals surface area contributed by atoms with E-state index in [0.717, 1.165) is 30.7 Å². The van der Waals surface area contributed by atoms with Gasteiger partial charge < -0.3 is 11.1 Å². The predicted octanol–water partition coefficient (Wildman–Crippen LogP) is 3.11. The van der Waals surface area contributed by atoms with Crippen LogP contribution in [0.15, 0.2) is 29.8 Å². The third kappa shape index (κ3) is 4.39. The Morgan fingerprint density at radius 3 is 2.73 bits per heavy atom. The second kappa shape index (κ2) is 8.43. The molecule has 3 N–H and O–H groups in total. The summed E-state index contributed by atoms with van der Waals surface area (Å²) in [6.45, 7) is 0. The van der Waals surface area contributed by atoms with Crippen molar-refractivity contribution in [1.82, 2.24) is 9.97 Å². The predicted molar refractivity (Wildman–Crippen MR) is 93.8 cm³/mol. The first-order valence-electron chi connectivity index (χ1n) is 6.66. The van der Waals surface area contributed by atoms with Crippen LogP contribution in [-0.4, -0.2) is 21.9 Å². The Balaban J connectivity index is 0.00000121. The van der Waals surface area contributed by atoms with Gasteiger partial charge in [0, 0.05) is 23.5 Å². The van der Waals surface area contributed by atoms with Crippen LogP contribution in [0.2, 0.25) is 0 Å². The van der Waals surface area contributed by atoms with E-state index in [0.29, 0.717) is 5.13 Å². The molecule has 0 aliphatic heterocycles. The van der Waals surface area contributed by atoms with Gasteiger partial charge >= 0.3 is 0 Å². The fraction of sp³-hybridized carbons (Fsp3) is 0.357. The van der Waals surface area contributed by atoms with E-state index in [9.17, 15) is 4.79 Å². The average molecular weight is 361 g/mol. The molecule has 3 rings (SSSR count). The van der Waals surface area contributed by atoms with E-state index < -0.39 is 0 Å². The van der Waals surface area contributed by atoms with Crippen molar-refractivity contribution in [2.75, 3.05) is 5.32 Å². The first-order chi connectivity index (χ1) is 9.72. The second-order valence-electron chi connectivity index (χ2n) is 5.01. The lowest BCUT2D eigenvalue weighted by molar-refractivity contribution is -0.119. The van der Waals surface area contributed by atoms with Crippen LogP contribution in [0.4, 0.5) is 5.13 Å². The fourth-order valence-corrected chi connectivity index (χ4v) is 3.13. The minimum absolute atomic E-state index is 0. The number of nitrogens with two attached hydrogens (primary N) is 1. The Bertz CT molecular complexity index is 608. The highest BCUT2D eigenvalue weighted by Gasteiger charge is 2.28. The van der Waals surface area contributed by atoms with Gasteiger partial charge in [-0.15, -0.1) is 36.2 Å². The number of aromatic nitrogens is 2. The number of anilines is 1. The lowest BCUT2D eigenvalue weighted by atomic mass is 10.1. The van der Waals surface area contributed by atoms with Crippen molar-refractivity contribution in [2.24, 2.45) is 11.7 Å². The summed E-state index contributed by atoms with van der Waals surface area (Å²) in [6.07, 6.45) is 4.29. The maximum absolute atomic E-state index is 12.1. The summed E-state index contributed by atoms with van der Waals surface area (Å²) >= 11 is 1.42. The lowest BCUT2D eigenvalue weighted by Crippen LogP contribution is -2.23. The van der Waals surface area contributed by atoms with Crippen LogP contribution in [0.3, 0.4) is 0 Å². The number of hydrogen-bond donors (Lipinski definition) is 2. The van der Waals surface area contributed by atoms with Crippen LogP contribution in [0, 0.1) is 5.92 Å². The van der Waals surface area contributed by atoms with E-state index in [1.807, 2.05) is 23.6 Å². The first-order valence-corrected chi connectivity index (χ1v) is 7.53. The van der Waals surface area contributed by atoms with E-state index in [4.69, 9.17) is 5.73 Å². The van der Waals surface area contributed by atoms with Gasteiger partial charge in [-0.2, -0.15) is 0 Å². The zero-order chi connectivity index (χ0) is 13.9. The maximum atomic E-state index is 12.1. The Kier molecular flexibility index (Phi) is 7.22. The van der Waals surface area contributed by atoms with Crippen molar-refractivity contribution in [2.45, 2.75) is 25.3 Å². The molecule has 0 spiro atoms. The highest BCUT2D eigenvalue weighted by Crippen LogP contribution is 2.27. The van der Waals surface area contributed by atoms with E-state index in [2.05, 4.69) is 15.3 Å². The minimum Gasteiger partial charge on any atom is -0.328 e. The van der Waals surface area contributed by atoms with E-state index in [1.54, 1.807) is 6.20 Å². The summed E-state index contributed by atoms with van der Waals surface area (Å²) < 4.78 is 0. The standard InChI is InChI=1S/C14H16N4OS.2ClH/c15-10-5-4-9(7-10)13(19)18-14-17-12(8-20-14)11-3-1-2-6-16-11;;/h1-3,6,8-10H,4-5,7,15H2,(H,17,18,19);2*1H. The molecule has 2 heterocycles. The third-order valence-corrected chi connectivity index (χ3v) is 4.26. The Labute approximate surface area is 145 Å². The maximum Gasteiger partial charge on any atom is 0.229 e. The Hall–Kier alpha value is -1.21. The molecule has 0 radical (unpaired) electrons. The smallest absolute Gasteiger partial charge is 0.229 e. The van der Waals surface area contributed by atoms with E-state index >= 15 is 0 Å². The van der Waals surface area contributed by atoms with Gasteiger partial charge in [-0.3, -0.25) is 9.78 Å². The lowest BCUT2D eigenvalue weighted by Gasteiger charge is -2.08. The number of amides is 1. The first kappa shape index (κ1) is 18.8. The van der Waals surface area contributed by atoms with Gasteiger partial charge in [0.15, 0.2) is 5.13 Å². The van der Waals surface area contributed by atoms with Gasteiger partial charge in [0.2, 0.25) is 5.91 Å². The molecule has 0 saturated heterocycles. The summed E-state index contributed by atoms with van der Waals surface area (Å²) in [5.74, 6) is 0.0482. The minimum atomic E-state index is 0. The molecule has 22 heavy (non-hydrogen) atoms. The van der Waals surface area contributed by atoms with Crippen molar-refractivity contribution in [3.05, 3.63) is 29.8 Å². The topological polar surface area (TPSA) is 80.9 Å². The van der Waals surface area contributed by atoms with E-state index in [-0.39, 0.29) is 42.7 Å². The van der Waals surface area contributed by atoms with Gasteiger partial charge in [-0.25, -0.2) is 4.98 Å². The number of carbonyl (C=O) groups excluding carboxylic acids is 1. The molecule has 2 atom stereocenters. The van der Waals surface area contributed by atoms with Crippen LogP contribution >= 0.6 is 36.2 Å². The molecule has 0 bridgehead atoms. The normalized spacial score (nSPS) is 19.9. The molecule has 1 fully saturated rings. The molecule has 1 amide bonds. The summed E-state index contributed by atoms with van der Waals surface area (Å²) in [4.78, 5) is 20.7. The largest absolute Gasteiger partial charge is 0.328 e. The zero-order valence-electron chi connectivity index (χ0n) is 11.8. The van der Waals surface area contributed by atoms with Gasteiger partial charge in [-0.1, -0.05) is 6.07 Å². The van der Waals surface area contributed by atoms with Crippen molar-refractivity contribution in [3.8, 4) is 11.4 Å². The molecule has 8 heteroatoms. The molecule has 1 saturated carbocycles. The van der Waals surface area contributed by atoms with Gasteiger partial charge in [0.25, 0.3) is 0 Å². The average Bonchev–Trinajstić information content (AvgIpc) is 3.09. The number of halogens is 2. The molecular formula is C14H18Cl2N4OS. The zero-order valence-corrected chi connectivity index (χ0v) is 14.2. The Morgan fingerprint density at radius 2 is 2.09 bits per heavy atom.